The molecular formula is C28H26Br2N2O7S. The Morgan fingerprint density at radius 2 is 1.85 bits per heavy atom. The van der Waals surface area contributed by atoms with E-state index in [0.717, 1.165) is 6.42 Å². The van der Waals surface area contributed by atoms with Crippen molar-refractivity contribution in [1.29, 1.82) is 0 Å². The Hall–Kier alpha value is -3.22. The Morgan fingerprint density at radius 1 is 1.12 bits per heavy atom. The van der Waals surface area contributed by atoms with Gasteiger partial charge in [0.1, 0.15) is 11.5 Å². The molecule has 0 radical (unpaired) electrons. The molecule has 0 unspecified atom stereocenters. The molecule has 0 spiro atoms. The molecule has 0 saturated heterocycles. The van der Waals surface area contributed by atoms with Gasteiger partial charge in [0, 0.05) is 0 Å². The van der Waals surface area contributed by atoms with E-state index in [9.17, 15) is 14.4 Å². The molecule has 0 amide bonds. The van der Waals surface area contributed by atoms with E-state index in [1.54, 1.807) is 44.4 Å². The van der Waals surface area contributed by atoms with Gasteiger partial charge in [-0.15, -0.1) is 0 Å². The zero-order valence-electron chi connectivity index (χ0n) is 21.9. The number of carboxylic acids is 1. The number of carboxylic acid groups (broad SMARTS) is 1. The largest absolute Gasteiger partial charge is 0.496 e. The molecule has 2 aromatic carbocycles. The van der Waals surface area contributed by atoms with Crippen LogP contribution in [0.25, 0.3) is 6.08 Å². The molecule has 1 aliphatic rings. The van der Waals surface area contributed by atoms with Gasteiger partial charge in [-0.25, -0.2) is 14.6 Å². The number of methoxy groups -OCH3 is 1. The minimum atomic E-state index is -1.08. The number of carbonyl (C=O) groups excluding carboxylic acids is 1. The van der Waals surface area contributed by atoms with E-state index in [2.05, 4.69) is 31.9 Å². The lowest BCUT2D eigenvalue weighted by molar-refractivity contribution is -0.140. The van der Waals surface area contributed by atoms with Crippen LogP contribution in [0.5, 0.6) is 11.5 Å². The Morgan fingerprint density at radius 3 is 2.48 bits per heavy atom. The van der Waals surface area contributed by atoms with Crippen LogP contribution in [0, 0.1) is 0 Å². The highest BCUT2D eigenvalue weighted by Crippen LogP contribution is 2.36. The third kappa shape index (κ3) is 6.24. The second-order valence-electron chi connectivity index (χ2n) is 8.68. The van der Waals surface area contributed by atoms with Crippen LogP contribution in [0.1, 0.15) is 43.9 Å². The first-order valence-electron chi connectivity index (χ1n) is 12.4. The minimum Gasteiger partial charge on any atom is -0.496 e. The van der Waals surface area contributed by atoms with Crippen molar-refractivity contribution < 1.29 is 28.9 Å². The summed E-state index contributed by atoms with van der Waals surface area (Å²) in [6, 6.07) is 9.79. The second kappa shape index (κ2) is 13.0. The standard InChI is InChI=1S/C28H26Br2N2O7S/c1-4-6-19-24(27(36)38-5-2)25(16-8-10-20(37-3)18(30)13-16)32-26(35)22(40-28(32)31-19)12-15-7-9-21(17(29)11-15)39-14-23(33)34/h7-13,25H,4-6,14H2,1-3H3,(H,33,34)/b22-12+/t25-/m0/s1. The fourth-order valence-corrected chi connectivity index (χ4v) is 6.39. The summed E-state index contributed by atoms with van der Waals surface area (Å²) in [5.74, 6) is -0.607. The maximum atomic E-state index is 13.9. The molecule has 2 heterocycles. The summed E-state index contributed by atoms with van der Waals surface area (Å²) in [5, 5.41) is 8.87. The van der Waals surface area contributed by atoms with E-state index >= 15 is 0 Å². The van der Waals surface area contributed by atoms with Crippen LogP contribution < -0.4 is 24.4 Å². The molecule has 40 heavy (non-hydrogen) atoms. The average molecular weight is 694 g/mol. The first-order valence-corrected chi connectivity index (χ1v) is 14.8. The maximum Gasteiger partial charge on any atom is 0.341 e. The van der Waals surface area contributed by atoms with Gasteiger partial charge in [0.25, 0.3) is 5.56 Å². The van der Waals surface area contributed by atoms with Crippen LogP contribution >= 0.6 is 43.2 Å². The number of nitrogens with zero attached hydrogens (tertiary/aromatic N) is 2. The van der Waals surface area contributed by atoms with Gasteiger partial charge in [-0.2, -0.15) is 0 Å². The number of fused-ring (bicyclic) bond motifs is 1. The van der Waals surface area contributed by atoms with E-state index in [0.29, 0.717) is 58.6 Å². The summed E-state index contributed by atoms with van der Waals surface area (Å²) in [7, 11) is 1.56. The Kier molecular flexibility index (Phi) is 9.64. The predicted octanol–water partition coefficient (Wildman–Crippen LogP) is 4.58. The number of rotatable bonds is 10. The molecule has 3 aromatic rings. The topological polar surface area (TPSA) is 116 Å². The van der Waals surface area contributed by atoms with E-state index in [-0.39, 0.29) is 12.2 Å². The summed E-state index contributed by atoms with van der Waals surface area (Å²) in [6.45, 7) is 3.46. The van der Waals surface area contributed by atoms with Crippen molar-refractivity contribution in [2.24, 2.45) is 4.99 Å². The van der Waals surface area contributed by atoms with Gasteiger partial charge in [-0.1, -0.05) is 36.8 Å². The van der Waals surface area contributed by atoms with Crippen LogP contribution in [0.3, 0.4) is 0 Å². The van der Waals surface area contributed by atoms with Gasteiger partial charge >= 0.3 is 11.9 Å². The van der Waals surface area contributed by atoms with Crippen LogP contribution in [-0.2, 0) is 14.3 Å². The molecule has 12 heteroatoms. The SMILES string of the molecule is CCCC1=C(C(=O)OCC)[C@H](c2ccc(OC)c(Br)c2)n2c(s/c(=C/c3ccc(OCC(=O)O)c(Br)c3)c2=O)=N1. The summed E-state index contributed by atoms with van der Waals surface area (Å²) >= 11 is 8.16. The molecule has 0 aliphatic carbocycles. The molecule has 1 atom stereocenters. The first-order chi connectivity index (χ1) is 19.2. The number of hydrogen-bond acceptors (Lipinski definition) is 8. The van der Waals surface area contributed by atoms with Crippen molar-refractivity contribution >= 4 is 61.2 Å². The Labute approximate surface area is 250 Å². The fourth-order valence-electron chi connectivity index (χ4n) is 4.30. The number of aliphatic carboxylic acids is 1. The molecule has 210 valence electrons. The van der Waals surface area contributed by atoms with Crippen molar-refractivity contribution in [3.8, 4) is 11.5 Å². The van der Waals surface area contributed by atoms with E-state index in [1.165, 1.54) is 15.9 Å². The molecular weight excluding hydrogens is 668 g/mol. The third-order valence-electron chi connectivity index (χ3n) is 5.99. The van der Waals surface area contributed by atoms with Crippen LogP contribution in [0.2, 0.25) is 0 Å². The Balaban J connectivity index is 1.90. The third-order valence-corrected chi connectivity index (χ3v) is 8.21. The number of esters is 1. The number of halogens is 2. The van der Waals surface area contributed by atoms with Crippen LogP contribution in [-0.4, -0.2) is 41.9 Å². The summed E-state index contributed by atoms with van der Waals surface area (Å²) in [4.78, 5) is 43.3. The van der Waals surface area contributed by atoms with Crippen molar-refractivity contribution in [3.63, 3.8) is 0 Å². The van der Waals surface area contributed by atoms with E-state index in [4.69, 9.17) is 24.3 Å². The smallest absolute Gasteiger partial charge is 0.341 e. The van der Waals surface area contributed by atoms with Crippen molar-refractivity contribution in [2.75, 3.05) is 20.3 Å². The molecule has 0 fully saturated rings. The number of hydrogen-bond donors (Lipinski definition) is 1. The number of ether oxygens (including phenoxy) is 3. The number of allylic oxidation sites excluding steroid dienone is 1. The van der Waals surface area contributed by atoms with Crippen molar-refractivity contribution in [2.45, 2.75) is 32.7 Å². The van der Waals surface area contributed by atoms with Gasteiger partial charge in [0.05, 0.1) is 44.5 Å². The van der Waals surface area contributed by atoms with E-state index in [1.807, 2.05) is 19.1 Å². The zero-order valence-corrected chi connectivity index (χ0v) is 25.9. The Bertz CT molecular complexity index is 1680. The molecule has 0 saturated carbocycles. The molecule has 1 N–H and O–H groups in total. The zero-order chi connectivity index (χ0) is 29.0. The number of aromatic nitrogens is 1. The van der Waals surface area contributed by atoms with Gasteiger partial charge < -0.3 is 19.3 Å². The highest BCUT2D eigenvalue weighted by molar-refractivity contribution is 9.10. The average Bonchev–Trinajstić information content (AvgIpc) is 3.21. The summed E-state index contributed by atoms with van der Waals surface area (Å²) in [5.41, 5.74) is 2.02. The minimum absolute atomic E-state index is 0.187. The number of carbonyl (C=O) groups is 2. The van der Waals surface area contributed by atoms with E-state index < -0.39 is 24.6 Å². The quantitative estimate of drug-likeness (QED) is 0.309. The highest BCUT2D eigenvalue weighted by Gasteiger charge is 2.34. The molecule has 9 nitrogen and oxygen atoms in total. The lowest BCUT2D eigenvalue weighted by Crippen LogP contribution is -2.40. The first kappa shape index (κ1) is 29.8. The van der Waals surface area contributed by atoms with Crippen molar-refractivity contribution in [3.05, 3.63) is 87.4 Å². The van der Waals surface area contributed by atoms with Crippen LogP contribution in [0.15, 0.2) is 66.4 Å². The molecule has 4 rings (SSSR count). The number of benzene rings is 2. The fraction of sp³-hybridized carbons (Fsp3) is 0.286. The highest BCUT2D eigenvalue weighted by atomic mass is 79.9. The van der Waals surface area contributed by atoms with Crippen LogP contribution in [0.4, 0.5) is 0 Å². The normalized spacial score (nSPS) is 14.9. The maximum absolute atomic E-state index is 13.9. The van der Waals surface area contributed by atoms with Gasteiger partial charge in [-0.3, -0.25) is 9.36 Å². The summed E-state index contributed by atoms with van der Waals surface area (Å²) in [6.07, 6.45) is 3.02. The predicted molar refractivity (Wildman–Crippen MR) is 158 cm³/mol. The van der Waals surface area contributed by atoms with Gasteiger partial charge in [0.2, 0.25) is 0 Å². The molecule has 1 aromatic heterocycles. The lowest BCUT2D eigenvalue weighted by atomic mass is 9.94. The monoisotopic (exact) mass is 692 g/mol. The van der Waals surface area contributed by atoms with Crippen molar-refractivity contribution in [1.82, 2.24) is 4.57 Å². The molecule has 0 bridgehead atoms. The lowest BCUT2D eigenvalue weighted by Gasteiger charge is -2.26. The number of thiazole rings is 1. The van der Waals surface area contributed by atoms with Gasteiger partial charge in [0.15, 0.2) is 11.4 Å². The summed E-state index contributed by atoms with van der Waals surface area (Å²) < 4.78 is 19.3. The van der Waals surface area contributed by atoms with Gasteiger partial charge in [-0.05, 0) is 86.7 Å². The second-order valence-corrected chi connectivity index (χ2v) is 11.4. The molecule has 1 aliphatic heterocycles.